The Morgan fingerprint density at radius 3 is 2.55 bits per heavy atom. The highest BCUT2D eigenvalue weighted by molar-refractivity contribution is 6.36. The molecule has 1 aromatic carbocycles. The van der Waals surface area contributed by atoms with Crippen LogP contribution in [0, 0.1) is 13.8 Å². The van der Waals surface area contributed by atoms with Crippen molar-refractivity contribution in [2.45, 2.75) is 90.4 Å². The molecule has 5 rings (SSSR count). The molecule has 40 heavy (non-hydrogen) atoms. The lowest BCUT2D eigenvalue weighted by molar-refractivity contribution is 0.00889. The predicted molar refractivity (Wildman–Crippen MR) is 159 cm³/mol. The topological polar surface area (TPSA) is 86.9 Å². The van der Waals surface area contributed by atoms with E-state index in [4.69, 9.17) is 21.1 Å². The van der Waals surface area contributed by atoms with Crippen molar-refractivity contribution in [2.24, 2.45) is 0 Å². The number of pyridine rings is 1. The highest BCUT2D eigenvalue weighted by Crippen LogP contribution is 2.39. The number of hydrogen-bond donors (Lipinski definition) is 2. The summed E-state index contributed by atoms with van der Waals surface area (Å²) in [5.41, 5.74) is 3.17. The smallest absolute Gasteiger partial charge is 0.253 e. The normalized spacial score (nSPS) is 22.0. The number of nitrogens with zero attached hydrogens (tertiary/aromatic N) is 2. The highest BCUT2D eigenvalue weighted by atomic mass is 35.5. The third-order valence-corrected chi connectivity index (χ3v) is 9.15. The molecule has 218 valence electrons. The molecule has 1 saturated carbocycles. The van der Waals surface area contributed by atoms with Crippen LogP contribution in [0.1, 0.15) is 79.0 Å². The van der Waals surface area contributed by atoms with Gasteiger partial charge in [0.2, 0.25) is 0 Å². The van der Waals surface area contributed by atoms with Gasteiger partial charge in [0, 0.05) is 68.6 Å². The highest BCUT2D eigenvalue weighted by Gasteiger charge is 2.36. The number of halogens is 1. The minimum atomic E-state index is -0.320. The molecule has 1 aromatic heterocycles. The molecule has 3 heterocycles. The lowest BCUT2D eigenvalue weighted by atomic mass is 9.86. The molecule has 2 N–H and O–H groups in total. The summed E-state index contributed by atoms with van der Waals surface area (Å²) in [6.45, 7) is 10.5. The first kappa shape index (κ1) is 29.0. The van der Waals surface area contributed by atoms with Gasteiger partial charge < -0.3 is 29.6 Å². The van der Waals surface area contributed by atoms with E-state index in [-0.39, 0.29) is 30.2 Å². The van der Waals surface area contributed by atoms with Crippen molar-refractivity contribution in [3.05, 3.63) is 56.0 Å². The van der Waals surface area contributed by atoms with E-state index >= 15 is 0 Å². The monoisotopic (exact) mass is 570 g/mol. The number of amides is 1. The Kier molecular flexibility index (Phi) is 9.38. The van der Waals surface area contributed by atoms with Crippen molar-refractivity contribution in [3.63, 3.8) is 0 Å². The number of aromatic nitrogens is 1. The number of carbonyl (C=O) groups is 1. The Balaban J connectivity index is 1.37. The predicted octanol–water partition coefficient (Wildman–Crippen LogP) is 4.98. The van der Waals surface area contributed by atoms with E-state index in [1.165, 1.54) is 32.4 Å². The number of hydrogen-bond acceptors (Lipinski definition) is 6. The molecule has 2 aliphatic heterocycles. The zero-order chi connectivity index (χ0) is 28.2. The summed E-state index contributed by atoms with van der Waals surface area (Å²) in [4.78, 5) is 33.8. The van der Waals surface area contributed by atoms with Crippen molar-refractivity contribution in [1.82, 2.24) is 15.2 Å². The first-order valence-electron chi connectivity index (χ1n) is 14.9. The van der Waals surface area contributed by atoms with Gasteiger partial charge >= 0.3 is 0 Å². The molecule has 0 unspecified atom stereocenters. The molecule has 8 nitrogen and oxygen atoms in total. The summed E-state index contributed by atoms with van der Waals surface area (Å²) in [6, 6.07) is 6.54. The second-order valence-electron chi connectivity index (χ2n) is 11.5. The van der Waals surface area contributed by atoms with Gasteiger partial charge in [0.05, 0.1) is 16.3 Å². The second-order valence-corrected chi connectivity index (χ2v) is 11.9. The molecular weight excluding hydrogens is 528 g/mol. The first-order valence-corrected chi connectivity index (χ1v) is 15.3. The Labute approximate surface area is 242 Å². The number of benzene rings is 1. The van der Waals surface area contributed by atoms with Gasteiger partial charge in [0.25, 0.3) is 11.5 Å². The number of aromatic amines is 1. The van der Waals surface area contributed by atoms with Crippen LogP contribution in [0.2, 0.25) is 5.02 Å². The van der Waals surface area contributed by atoms with Gasteiger partial charge in [-0.1, -0.05) is 18.0 Å². The molecule has 0 atom stereocenters. The number of ether oxygens (including phenoxy) is 2. The van der Waals surface area contributed by atoms with Crippen LogP contribution < -0.4 is 20.5 Å². The molecular formula is C31H43ClN4O4. The molecule has 2 saturated heterocycles. The van der Waals surface area contributed by atoms with Gasteiger partial charge in [0.1, 0.15) is 11.9 Å². The van der Waals surface area contributed by atoms with Gasteiger partial charge in [-0.3, -0.25) is 9.59 Å². The number of carbonyl (C=O) groups excluding carboxylic acids is 1. The minimum absolute atomic E-state index is 0.120. The van der Waals surface area contributed by atoms with Crippen molar-refractivity contribution in [3.8, 4) is 5.75 Å². The lowest BCUT2D eigenvalue weighted by Crippen LogP contribution is -2.50. The zero-order valence-corrected chi connectivity index (χ0v) is 24.8. The zero-order valence-electron chi connectivity index (χ0n) is 24.1. The van der Waals surface area contributed by atoms with Gasteiger partial charge in [-0.15, -0.1) is 0 Å². The fourth-order valence-electron chi connectivity index (χ4n) is 6.42. The van der Waals surface area contributed by atoms with Crippen molar-refractivity contribution < 1.29 is 14.3 Å². The average molecular weight is 571 g/mol. The summed E-state index contributed by atoms with van der Waals surface area (Å²) in [6.07, 6.45) is 7.86. The number of anilines is 1. The minimum Gasteiger partial charge on any atom is -0.490 e. The number of likely N-dealkylation sites (tertiary alicyclic amines) is 1. The standard InChI is InChI=1S/C31H43ClN4O4/c1-4-36(22-8-12-39-13-9-22)28-18-25(40-24-15-23(16-24)35-10-6-5-7-11-35)17-26(29(28)32)30(37)33-19-27-20(2)14-21(3)34-31(27)38/h14,17-18,22-24H,4-13,15-16,19H2,1-3H3,(H,33,37)(H,34,38). The molecule has 3 aliphatic rings. The van der Waals surface area contributed by atoms with Crippen molar-refractivity contribution in [2.75, 3.05) is 37.7 Å². The number of aryl methyl sites for hydroxylation is 2. The lowest BCUT2D eigenvalue weighted by Gasteiger charge is -2.44. The molecule has 0 bridgehead atoms. The number of nitrogens with one attached hydrogen (secondary N) is 2. The number of rotatable bonds is 9. The summed E-state index contributed by atoms with van der Waals surface area (Å²) in [5, 5.41) is 3.35. The molecule has 3 fully saturated rings. The largest absolute Gasteiger partial charge is 0.490 e. The Hall–Kier alpha value is -2.55. The van der Waals surface area contributed by atoms with Crippen LogP contribution in [0.5, 0.6) is 5.75 Å². The molecule has 0 radical (unpaired) electrons. The summed E-state index contributed by atoms with van der Waals surface area (Å²) >= 11 is 6.98. The fourth-order valence-corrected chi connectivity index (χ4v) is 6.72. The van der Waals surface area contributed by atoms with E-state index in [0.717, 1.165) is 49.2 Å². The SMILES string of the molecule is CCN(c1cc(OC2CC(N3CCCCC3)C2)cc(C(=O)NCc2c(C)cc(C)[nH]c2=O)c1Cl)C1CCOCC1. The number of piperidine rings is 1. The quantitative estimate of drug-likeness (QED) is 0.442. The fraction of sp³-hybridized carbons (Fsp3) is 0.613. The van der Waals surface area contributed by atoms with Crippen LogP contribution in [0.4, 0.5) is 5.69 Å². The van der Waals surface area contributed by atoms with E-state index < -0.39 is 0 Å². The van der Waals surface area contributed by atoms with E-state index in [0.29, 0.717) is 41.2 Å². The maximum absolute atomic E-state index is 13.5. The van der Waals surface area contributed by atoms with E-state index in [1.807, 2.05) is 26.0 Å². The summed E-state index contributed by atoms with van der Waals surface area (Å²) < 4.78 is 12.1. The van der Waals surface area contributed by atoms with Crippen LogP contribution in [0.15, 0.2) is 23.0 Å². The van der Waals surface area contributed by atoms with Gasteiger partial charge in [-0.2, -0.15) is 0 Å². The van der Waals surface area contributed by atoms with Gasteiger partial charge in [-0.05, 0) is 77.2 Å². The van der Waals surface area contributed by atoms with Crippen LogP contribution in [-0.2, 0) is 11.3 Å². The molecule has 9 heteroatoms. The van der Waals surface area contributed by atoms with Crippen LogP contribution >= 0.6 is 11.6 Å². The molecule has 2 aromatic rings. The second kappa shape index (κ2) is 13.0. The van der Waals surface area contributed by atoms with Crippen molar-refractivity contribution in [1.29, 1.82) is 0 Å². The Morgan fingerprint density at radius 2 is 1.88 bits per heavy atom. The maximum Gasteiger partial charge on any atom is 0.253 e. The Morgan fingerprint density at radius 1 is 1.15 bits per heavy atom. The average Bonchev–Trinajstić information content (AvgIpc) is 2.92. The molecule has 1 aliphatic carbocycles. The van der Waals surface area contributed by atoms with E-state index in [9.17, 15) is 9.59 Å². The van der Waals surface area contributed by atoms with Gasteiger partial charge in [0.15, 0.2) is 0 Å². The number of H-pyrrole nitrogens is 1. The molecule has 0 spiro atoms. The third-order valence-electron chi connectivity index (χ3n) is 8.75. The first-order chi connectivity index (χ1) is 19.3. The van der Waals surface area contributed by atoms with Crippen LogP contribution in [0.25, 0.3) is 0 Å². The van der Waals surface area contributed by atoms with E-state index in [2.05, 4.69) is 27.0 Å². The maximum atomic E-state index is 13.5. The summed E-state index contributed by atoms with van der Waals surface area (Å²) in [5.74, 6) is 0.348. The summed E-state index contributed by atoms with van der Waals surface area (Å²) in [7, 11) is 0. The van der Waals surface area contributed by atoms with Crippen molar-refractivity contribution >= 4 is 23.2 Å². The third kappa shape index (κ3) is 6.50. The van der Waals surface area contributed by atoms with E-state index in [1.54, 1.807) is 6.07 Å². The van der Waals surface area contributed by atoms with Gasteiger partial charge in [-0.25, -0.2) is 0 Å². The molecule has 1 amide bonds. The van der Waals surface area contributed by atoms with Crippen LogP contribution in [-0.4, -0.2) is 66.8 Å². The Bertz CT molecular complexity index is 1250. The van der Waals surface area contributed by atoms with Crippen LogP contribution in [0.3, 0.4) is 0 Å².